The van der Waals surface area contributed by atoms with E-state index in [9.17, 15) is 0 Å². The molecule has 6 heteroatoms. The van der Waals surface area contributed by atoms with E-state index in [0.717, 1.165) is 104 Å². The summed E-state index contributed by atoms with van der Waals surface area (Å²) in [6, 6.07) is 53.9. The van der Waals surface area contributed by atoms with Crippen LogP contribution in [0.2, 0.25) is 0 Å². The first kappa shape index (κ1) is 30.4. The van der Waals surface area contributed by atoms with Gasteiger partial charge in [-0.1, -0.05) is 103 Å². The number of nitrogens with zero attached hydrogens (tertiary/aromatic N) is 4. The molecule has 0 spiro atoms. The lowest BCUT2D eigenvalue weighted by atomic mass is 9.98. The van der Waals surface area contributed by atoms with Gasteiger partial charge in [0.25, 0.3) is 0 Å². The second-order valence-corrected chi connectivity index (χ2v) is 14.2. The van der Waals surface area contributed by atoms with Gasteiger partial charge in [-0.05, 0) is 60.2 Å². The molecule has 0 unspecified atom stereocenters. The third kappa shape index (κ3) is 4.02. The summed E-state index contributed by atoms with van der Waals surface area (Å²) < 4.78 is 17.3. The molecule has 0 aliphatic heterocycles. The van der Waals surface area contributed by atoms with Crippen LogP contribution in [-0.4, -0.2) is 9.13 Å². The van der Waals surface area contributed by atoms with Crippen LogP contribution in [0.5, 0.6) is 0 Å². The smallest absolute Gasteiger partial charge is 0.218 e. The SMILES string of the molecule is [C-]#[N+]c1ccc(-c2ccccc2-n2c3ccccc3c3cc4oc5ccccc5c4cc32)c(-n2c3ccccc3c3cc4oc5ccccc5c4cc32)c1[N+]#[C-]. The van der Waals surface area contributed by atoms with Crippen LogP contribution in [0.3, 0.4) is 0 Å². The molecule has 12 aromatic rings. The number of para-hydroxylation sites is 5. The molecule has 0 amide bonds. The van der Waals surface area contributed by atoms with Gasteiger partial charge in [0.15, 0.2) is 5.69 Å². The lowest BCUT2D eigenvalue weighted by molar-refractivity contribution is 0.669. The van der Waals surface area contributed by atoms with Crippen LogP contribution >= 0.6 is 0 Å². The number of benzene rings is 8. The lowest BCUT2D eigenvalue weighted by Gasteiger charge is -2.20. The fourth-order valence-electron chi connectivity index (χ4n) is 8.98. The predicted molar refractivity (Wildman–Crippen MR) is 228 cm³/mol. The lowest BCUT2D eigenvalue weighted by Crippen LogP contribution is -2.02. The largest absolute Gasteiger partial charge is 0.456 e. The van der Waals surface area contributed by atoms with Crippen LogP contribution in [0, 0.1) is 13.1 Å². The summed E-state index contributed by atoms with van der Waals surface area (Å²) in [7, 11) is 0. The van der Waals surface area contributed by atoms with Gasteiger partial charge in [0.1, 0.15) is 22.3 Å². The molecular formula is C50H26N4O2. The Kier molecular flexibility index (Phi) is 6.10. The number of hydrogen-bond donors (Lipinski definition) is 0. The third-order valence-electron chi connectivity index (χ3n) is 11.4. The van der Waals surface area contributed by atoms with Crippen molar-refractivity contribution in [2.24, 2.45) is 0 Å². The van der Waals surface area contributed by atoms with Crippen molar-refractivity contribution >= 4 is 98.9 Å². The molecule has 0 radical (unpaired) electrons. The van der Waals surface area contributed by atoms with E-state index in [2.05, 4.69) is 110 Å². The molecule has 0 N–H and O–H groups in total. The van der Waals surface area contributed by atoms with Crippen LogP contribution in [-0.2, 0) is 0 Å². The zero-order chi connectivity index (χ0) is 37.1. The van der Waals surface area contributed by atoms with Crippen LogP contribution in [0.4, 0.5) is 11.4 Å². The first-order valence-corrected chi connectivity index (χ1v) is 18.4. The second kappa shape index (κ2) is 11.2. The number of aromatic nitrogens is 2. The average molecular weight is 715 g/mol. The van der Waals surface area contributed by atoms with Crippen LogP contribution in [0.15, 0.2) is 167 Å². The number of furan rings is 2. The Bertz CT molecular complexity index is 3750. The van der Waals surface area contributed by atoms with Crippen molar-refractivity contribution in [3.63, 3.8) is 0 Å². The van der Waals surface area contributed by atoms with Crippen molar-refractivity contribution in [1.29, 1.82) is 0 Å². The minimum Gasteiger partial charge on any atom is -0.456 e. The van der Waals surface area contributed by atoms with Crippen molar-refractivity contribution in [3.8, 4) is 22.5 Å². The van der Waals surface area contributed by atoms with Gasteiger partial charge in [-0.2, -0.15) is 0 Å². The normalized spacial score (nSPS) is 11.9. The molecule has 6 nitrogen and oxygen atoms in total. The van der Waals surface area contributed by atoms with Gasteiger partial charge in [0.2, 0.25) is 5.69 Å². The quantitative estimate of drug-likeness (QED) is 0.171. The Morgan fingerprint density at radius 1 is 0.375 bits per heavy atom. The van der Waals surface area contributed by atoms with E-state index >= 15 is 0 Å². The van der Waals surface area contributed by atoms with Gasteiger partial charge in [0.05, 0.1) is 40.9 Å². The van der Waals surface area contributed by atoms with Gasteiger partial charge in [0, 0.05) is 54.3 Å². The summed E-state index contributed by atoms with van der Waals surface area (Å²) in [6.45, 7) is 16.8. The maximum Gasteiger partial charge on any atom is 0.218 e. The van der Waals surface area contributed by atoms with E-state index in [-0.39, 0.29) is 0 Å². The monoisotopic (exact) mass is 714 g/mol. The molecule has 12 rings (SSSR count). The Balaban J connectivity index is 1.21. The fourth-order valence-corrected chi connectivity index (χ4v) is 8.98. The van der Waals surface area contributed by atoms with Crippen molar-refractivity contribution in [3.05, 3.63) is 181 Å². The highest BCUT2D eigenvalue weighted by atomic mass is 16.3. The van der Waals surface area contributed by atoms with Crippen molar-refractivity contribution in [2.45, 2.75) is 0 Å². The molecule has 0 aliphatic rings. The van der Waals surface area contributed by atoms with Gasteiger partial charge < -0.3 is 18.0 Å². The minimum atomic E-state index is 0.306. The summed E-state index contributed by atoms with van der Waals surface area (Å²) in [4.78, 5) is 8.01. The summed E-state index contributed by atoms with van der Waals surface area (Å²) in [6.07, 6.45) is 0. The zero-order valence-electron chi connectivity index (χ0n) is 29.6. The summed E-state index contributed by atoms with van der Waals surface area (Å²) >= 11 is 0. The third-order valence-corrected chi connectivity index (χ3v) is 11.4. The van der Waals surface area contributed by atoms with Gasteiger partial charge in [-0.15, -0.1) is 0 Å². The summed E-state index contributed by atoms with van der Waals surface area (Å²) in [5.41, 5.74) is 11.3. The molecule has 4 aromatic heterocycles. The molecule has 0 bridgehead atoms. The number of fused-ring (bicyclic) bond motifs is 12. The van der Waals surface area contributed by atoms with E-state index in [0.29, 0.717) is 17.1 Å². The van der Waals surface area contributed by atoms with Crippen molar-refractivity contribution in [2.75, 3.05) is 0 Å². The van der Waals surface area contributed by atoms with Crippen molar-refractivity contribution in [1.82, 2.24) is 9.13 Å². The fraction of sp³-hybridized carbons (Fsp3) is 0. The first-order valence-electron chi connectivity index (χ1n) is 18.4. The zero-order valence-corrected chi connectivity index (χ0v) is 29.6. The van der Waals surface area contributed by atoms with Gasteiger partial charge >= 0.3 is 0 Å². The van der Waals surface area contributed by atoms with Crippen LogP contribution in [0.25, 0.3) is 120 Å². The van der Waals surface area contributed by atoms with E-state index < -0.39 is 0 Å². The number of hydrogen-bond acceptors (Lipinski definition) is 2. The molecule has 4 heterocycles. The summed E-state index contributed by atoms with van der Waals surface area (Å²) in [5, 5.41) is 8.39. The Morgan fingerprint density at radius 3 is 1.50 bits per heavy atom. The van der Waals surface area contributed by atoms with Gasteiger partial charge in [-0.25, -0.2) is 4.85 Å². The molecule has 0 aliphatic carbocycles. The highest BCUT2D eigenvalue weighted by molar-refractivity contribution is 6.19. The molecule has 0 saturated heterocycles. The number of rotatable bonds is 3. The van der Waals surface area contributed by atoms with Crippen molar-refractivity contribution < 1.29 is 8.83 Å². The summed E-state index contributed by atoms with van der Waals surface area (Å²) in [5.74, 6) is 0. The first-order chi connectivity index (χ1) is 27.7. The average Bonchev–Trinajstić information content (AvgIpc) is 3.98. The molecule has 0 saturated carbocycles. The Labute approximate surface area is 318 Å². The molecule has 56 heavy (non-hydrogen) atoms. The van der Waals surface area contributed by atoms with E-state index in [1.54, 1.807) is 6.07 Å². The molecule has 258 valence electrons. The molecular weight excluding hydrogens is 689 g/mol. The topological polar surface area (TPSA) is 44.9 Å². The molecule has 0 atom stereocenters. The maximum atomic E-state index is 8.60. The molecule has 8 aromatic carbocycles. The maximum absolute atomic E-state index is 8.60. The highest BCUT2D eigenvalue weighted by Gasteiger charge is 2.25. The highest BCUT2D eigenvalue weighted by Crippen LogP contribution is 2.48. The Hall–Kier alpha value is -8.06. The predicted octanol–water partition coefficient (Wildman–Crippen LogP) is 14.4. The van der Waals surface area contributed by atoms with E-state index in [1.807, 2.05) is 60.7 Å². The van der Waals surface area contributed by atoms with Crippen LogP contribution in [0.1, 0.15) is 0 Å². The molecule has 0 fully saturated rings. The Morgan fingerprint density at radius 2 is 0.893 bits per heavy atom. The second-order valence-electron chi connectivity index (χ2n) is 14.2. The van der Waals surface area contributed by atoms with E-state index in [1.165, 1.54) is 0 Å². The van der Waals surface area contributed by atoms with Gasteiger partial charge in [-0.3, -0.25) is 4.85 Å². The van der Waals surface area contributed by atoms with E-state index in [4.69, 9.17) is 22.0 Å². The standard InChI is InChI=1S/C50H26N4O2/c1-51-39-24-23-34(50(49(39)52-2)54-42-20-10-5-15-31(42)36-28-48-38(26-44(36)54)33-17-7-12-22-46(33)56-48)29-13-3-8-18-40(29)53-41-19-9-4-14-30(41)35-27-47-37(25-43(35)53)32-16-6-11-21-45(32)55-47/h3-28H. The minimum absolute atomic E-state index is 0.306. The van der Waals surface area contributed by atoms with Crippen LogP contribution < -0.4 is 0 Å².